The number of aliphatic carboxylic acids is 1. The Balaban J connectivity index is 2.23. The molecule has 0 heterocycles. The van der Waals surface area contributed by atoms with Crippen molar-refractivity contribution in [2.75, 3.05) is 18.5 Å². The number of nitrogens with one attached hydrogen (secondary N) is 1. The average Bonchev–Trinajstić information content (AvgIpc) is 2.67. The minimum Gasteiger partial charge on any atom is -0.490 e. The van der Waals surface area contributed by atoms with Gasteiger partial charge in [-0.15, -0.1) is 0 Å². The average molecular weight is 401 g/mol. The number of halogens is 1. The highest BCUT2D eigenvalue weighted by Gasteiger charge is 2.12. The Hall–Kier alpha value is -3.50. The van der Waals surface area contributed by atoms with E-state index in [9.17, 15) is 14.9 Å². The number of nitriles is 1. The van der Waals surface area contributed by atoms with Crippen molar-refractivity contribution in [2.45, 2.75) is 6.92 Å². The Bertz CT molecular complexity index is 933. The first kappa shape index (κ1) is 20.8. The van der Waals surface area contributed by atoms with Crippen molar-refractivity contribution in [3.05, 3.63) is 58.6 Å². The summed E-state index contributed by atoms with van der Waals surface area (Å²) in [7, 11) is 0. The monoisotopic (exact) mass is 400 g/mol. The number of rotatable bonds is 8. The molecule has 0 spiro atoms. The maximum absolute atomic E-state index is 12.3. The van der Waals surface area contributed by atoms with E-state index in [1.54, 1.807) is 43.3 Å². The predicted molar refractivity (Wildman–Crippen MR) is 104 cm³/mol. The number of anilines is 1. The van der Waals surface area contributed by atoms with Crippen molar-refractivity contribution in [3.63, 3.8) is 0 Å². The van der Waals surface area contributed by atoms with E-state index >= 15 is 0 Å². The van der Waals surface area contributed by atoms with Crippen LogP contribution in [0.25, 0.3) is 6.08 Å². The van der Waals surface area contributed by atoms with E-state index in [0.29, 0.717) is 28.6 Å². The minimum atomic E-state index is -1.11. The normalized spacial score (nSPS) is 10.7. The van der Waals surface area contributed by atoms with Crippen molar-refractivity contribution in [1.29, 1.82) is 5.26 Å². The SMILES string of the molecule is CCOc1cc(/C=C(/C#N)C(=O)Nc2ccc(Cl)cc2)ccc1OCC(=O)O. The Morgan fingerprint density at radius 2 is 1.89 bits per heavy atom. The van der Waals surface area contributed by atoms with Gasteiger partial charge in [0.1, 0.15) is 11.6 Å². The summed E-state index contributed by atoms with van der Waals surface area (Å²) in [5.41, 5.74) is 0.911. The third-order valence-corrected chi connectivity index (χ3v) is 3.65. The molecular weight excluding hydrogens is 384 g/mol. The third kappa shape index (κ3) is 6.04. The predicted octanol–water partition coefficient (Wildman–Crippen LogP) is 3.75. The van der Waals surface area contributed by atoms with Crippen LogP contribution >= 0.6 is 11.6 Å². The van der Waals surface area contributed by atoms with E-state index in [2.05, 4.69) is 5.32 Å². The van der Waals surface area contributed by atoms with Gasteiger partial charge in [0.25, 0.3) is 5.91 Å². The summed E-state index contributed by atoms with van der Waals surface area (Å²) in [6.07, 6.45) is 1.40. The van der Waals surface area contributed by atoms with E-state index in [-0.39, 0.29) is 11.3 Å². The molecule has 1 amide bonds. The van der Waals surface area contributed by atoms with E-state index in [0.717, 1.165) is 0 Å². The summed E-state index contributed by atoms with van der Waals surface area (Å²) in [5.74, 6) is -1.12. The number of benzene rings is 2. The van der Waals surface area contributed by atoms with Gasteiger partial charge in [-0.2, -0.15) is 5.26 Å². The number of amides is 1. The van der Waals surface area contributed by atoms with Crippen LogP contribution in [-0.2, 0) is 9.59 Å². The third-order valence-electron chi connectivity index (χ3n) is 3.40. The van der Waals surface area contributed by atoms with E-state index in [1.165, 1.54) is 12.1 Å². The number of carbonyl (C=O) groups excluding carboxylic acids is 1. The van der Waals surface area contributed by atoms with Crippen LogP contribution in [0.15, 0.2) is 48.0 Å². The summed E-state index contributed by atoms with van der Waals surface area (Å²) in [4.78, 5) is 23.0. The Labute approximate surface area is 166 Å². The van der Waals surface area contributed by atoms with E-state index in [4.69, 9.17) is 26.2 Å². The largest absolute Gasteiger partial charge is 0.490 e. The minimum absolute atomic E-state index is 0.114. The fourth-order valence-electron chi connectivity index (χ4n) is 2.19. The van der Waals surface area contributed by atoms with Gasteiger partial charge in [0.15, 0.2) is 18.1 Å². The lowest BCUT2D eigenvalue weighted by molar-refractivity contribution is -0.139. The van der Waals surface area contributed by atoms with Gasteiger partial charge in [-0.05, 0) is 55.0 Å². The van der Waals surface area contributed by atoms with Gasteiger partial charge in [-0.3, -0.25) is 4.79 Å². The van der Waals surface area contributed by atoms with Gasteiger partial charge in [-0.25, -0.2) is 4.79 Å². The molecule has 0 fully saturated rings. The number of hydrogen-bond acceptors (Lipinski definition) is 5. The molecule has 28 heavy (non-hydrogen) atoms. The molecule has 2 N–H and O–H groups in total. The summed E-state index contributed by atoms with van der Waals surface area (Å²) in [6.45, 7) is 1.59. The second kappa shape index (κ2) is 10.00. The number of carboxylic acid groups (broad SMARTS) is 1. The molecular formula is C20H17ClN2O5. The fourth-order valence-corrected chi connectivity index (χ4v) is 2.31. The van der Waals surface area contributed by atoms with Crippen LogP contribution < -0.4 is 14.8 Å². The molecule has 0 atom stereocenters. The molecule has 144 valence electrons. The van der Waals surface area contributed by atoms with Crippen LogP contribution in [0.4, 0.5) is 5.69 Å². The van der Waals surface area contributed by atoms with Gasteiger partial charge in [0.05, 0.1) is 6.61 Å². The maximum atomic E-state index is 12.3. The molecule has 0 radical (unpaired) electrons. The molecule has 0 bridgehead atoms. The van der Waals surface area contributed by atoms with Crippen molar-refractivity contribution in [3.8, 4) is 17.6 Å². The van der Waals surface area contributed by atoms with Crippen molar-refractivity contribution < 1.29 is 24.2 Å². The molecule has 2 aromatic rings. The standard InChI is InChI=1S/C20H17ClN2O5/c1-2-27-18-10-13(3-8-17(18)28-12-19(24)25)9-14(11-22)20(26)23-16-6-4-15(21)5-7-16/h3-10H,2,12H2,1H3,(H,23,26)(H,24,25)/b14-9-. The second-order valence-electron chi connectivity index (χ2n) is 5.45. The number of carboxylic acids is 1. The number of hydrogen-bond donors (Lipinski definition) is 2. The van der Waals surface area contributed by atoms with Gasteiger partial charge >= 0.3 is 5.97 Å². The lowest BCUT2D eigenvalue weighted by atomic mass is 10.1. The first-order valence-electron chi connectivity index (χ1n) is 8.23. The number of carbonyl (C=O) groups is 2. The van der Waals surface area contributed by atoms with Crippen LogP contribution in [0.3, 0.4) is 0 Å². The molecule has 0 saturated carbocycles. The van der Waals surface area contributed by atoms with Crippen molar-refractivity contribution in [1.82, 2.24) is 0 Å². The molecule has 2 rings (SSSR count). The van der Waals surface area contributed by atoms with Crippen LogP contribution in [0.5, 0.6) is 11.5 Å². The van der Waals surface area contributed by atoms with Crippen molar-refractivity contribution in [2.24, 2.45) is 0 Å². The van der Waals surface area contributed by atoms with E-state index in [1.807, 2.05) is 6.07 Å². The summed E-state index contributed by atoms with van der Waals surface area (Å²) >= 11 is 5.81. The fraction of sp³-hybridized carbons (Fsp3) is 0.150. The molecule has 2 aromatic carbocycles. The highest BCUT2D eigenvalue weighted by atomic mass is 35.5. The molecule has 8 heteroatoms. The van der Waals surface area contributed by atoms with Gasteiger partial charge in [-0.1, -0.05) is 17.7 Å². The summed E-state index contributed by atoms with van der Waals surface area (Å²) in [6, 6.07) is 13.0. The van der Waals surface area contributed by atoms with Crippen molar-refractivity contribution >= 4 is 35.2 Å². The molecule has 7 nitrogen and oxygen atoms in total. The number of nitrogens with zero attached hydrogens (tertiary/aromatic N) is 1. The van der Waals surface area contributed by atoms with Crippen LogP contribution in [0, 0.1) is 11.3 Å². The van der Waals surface area contributed by atoms with Gasteiger partial charge in [0, 0.05) is 10.7 Å². The van der Waals surface area contributed by atoms with Gasteiger partial charge < -0.3 is 19.9 Å². The van der Waals surface area contributed by atoms with Gasteiger partial charge in [0.2, 0.25) is 0 Å². The molecule has 0 aliphatic rings. The molecule has 0 aliphatic heterocycles. The Morgan fingerprint density at radius 3 is 2.50 bits per heavy atom. The quantitative estimate of drug-likeness (QED) is 0.516. The first-order valence-corrected chi connectivity index (χ1v) is 8.61. The first-order chi connectivity index (χ1) is 13.4. The zero-order valence-electron chi connectivity index (χ0n) is 14.9. The highest BCUT2D eigenvalue weighted by molar-refractivity contribution is 6.30. The van der Waals surface area contributed by atoms with Crippen LogP contribution in [0.1, 0.15) is 12.5 Å². The summed E-state index contributed by atoms with van der Waals surface area (Å²) < 4.78 is 10.6. The highest BCUT2D eigenvalue weighted by Crippen LogP contribution is 2.29. The zero-order valence-corrected chi connectivity index (χ0v) is 15.7. The zero-order chi connectivity index (χ0) is 20.5. The maximum Gasteiger partial charge on any atom is 0.341 e. The molecule has 0 aromatic heterocycles. The number of ether oxygens (including phenoxy) is 2. The van der Waals surface area contributed by atoms with E-state index < -0.39 is 18.5 Å². The smallest absolute Gasteiger partial charge is 0.341 e. The van der Waals surface area contributed by atoms with Crippen LogP contribution in [-0.4, -0.2) is 30.2 Å². The lowest BCUT2D eigenvalue weighted by Gasteiger charge is -2.11. The Morgan fingerprint density at radius 1 is 1.18 bits per heavy atom. The molecule has 0 saturated heterocycles. The van der Waals surface area contributed by atoms with Crippen LogP contribution in [0.2, 0.25) is 5.02 Å². The molecule has 0 aliphatic carbocycles. The lowest BCUT2D eigenvalue weighted by Crippen LogP contribution is -2.13. The topological polar surface area (TPSA) is 109 Å². The second-order valence-corrected chi connectivity index (χ2v) is 5.89. The summed E-state index contributed by atoms with van der Waals surface area (Å²) in [5, 5.41) is 21.2. The Kier molecular flexibility index (Phi) is 7.43. The molecule has 0 unspecified atom stereocenters.